The molecule has 0 saturated carbocycles. The van der Waals surface area contributed by atoms with Crippen molar-refractivity contribution in [3.8, 4) is 11.5 Å². The van der Waals surface area contributed by atoms with Crippen molar-refractivity contribution in [3.05, 3.63) is 70.5 Å². The van der Waals surface area contributed by atoms with Gasteiger partial charge in [-0.1, -0.05) is 49.3 Å². The van der Waals surface area contributed by atoms with Crippen LogP contribution in [0, 0.1) is 13.8 Å². The maximum absolute atomic E-state index is 12.5. The van der Waals surface area contributed by atoms with Gasteiger partial charge in [-0.3, -0.25) is 4.79 Å². The molecule has 1 amide bonds. The summed E-state index contributed by atoms with van der Waals surface area (Å²) >= 11 is 0. The molecule has 1 saturated heterocycles. The number of rotatable bonds is 5. The van der Waals surface area contributed by atoms with Crippen LogP contribution in [0.5, 0.6) is 0 Å². The van der Waals surface area contributed by atoms with E-state index in [1.807, 2.05) is 11.0 Å². The number of hydrogen-bond acceptors (Lipinski definition) is 4. The number of benzene rings is 2. The third-order valence-electron chi connectivity index (χ3n) is 5.80. The van der Waals surface area contributed by atoms with Gasteiger partial charge in [0.25, 0.3) is 5.89 Å². The van der Waals surface area contributed by atoms with E-state index in [2.05, 4.69) is 74.2 Å². The molecule has 1 aliphatic rings. The minimum absolute atomic E-state index is 0.0264. The Hall–Kier alpha value is -2.95. The molecule has 3 aromatic rings. The number of aromatic nitrogens is 2. The van der Waals surface area contributed by atoms with E-state index in [0.29, 0.717) is 37.1 Å². The second-order valence-electron chi connectivity index (χ2n) is 8.33. The lowest BCUT2D eigenvalue weighted by Gasteiger charge is -2.16. The molecule has 1 unspecified atom stereocenters. The van der Waals surface area contributed by atoms with Crippen molar-refractivity contribution in [3.63, 3.8) is 0 Å². The van der Waals surface area contributed by atoms with Gasteiger partial charge in [-0.15, -0.1) is 0 Å². The van der Waals surface area contributed by atoms with Crippen LogP contribution in [0.3, 0.4) is 0 Å². The van der Waals surface area contributed by atoms with Gasteiger partial charge in [0.2, 0.25) is 5.91 Å². The van der Waals surface area contributed by atoms with Crippen molar-refractivity contribution in [1.82, 2.24) is 15.0 Å². The van der Waals surface area contributed by atoms with Gasteiger partial charge in [0.05, 0.1) is 0 Å². The van der Waals surface area contributed by atoms with Crippen molar-refractivity contribution >= 4 is 5.91 Å². The fourth-order valence-corrected chi connectivity index (χ4v) is 3.72. The molecule has 5 nitrogen and oxygen atoms in total. The normalized spacial score (nSPS) is 16.8. The summed E-state index contributed by atoms with van der Waals surface area (Å²) < 4.78 is 5.49. The van der Waals surface area contributed by atoms with Crippen LogP contribution in [0.4, 0.5) is 0 Å². The molecule has 0 spiro atoms. The summed E-state index contributed by atoms with van der Waals surface area (Å²) in [6.45, 7) is 9.75. The number of hydrogen-bond donors (Lipinski definition) is 0. The molecule has 4 rings (SSSR count). The lowest BCUT2D eigenvalue weighted by molar-refractivity contribution is -0.128. The Morgan fingerprint density at radius 3 is 2.55 bits per heavy atom. The predicted octanol–water partition coefficient (Wildman–Crippen LogP) is 4.99. The highest BCUT2D eigenvalue weighted by atomic mass is 16.5. The number of amides is 1. The van der Waals surface area contributed by atoms with Crippen molar-refractivity contribution < 1.29 is 9.32 Å². The zero-order valence-corrected chi connectivity index (χ0v) is 17.5. The van der Waals surface area contributed by atoms with E-state index in [4.69, 9.17) is 4.52 Å². The minimum atomic E-state index is -0.0264. The molecule has 150 valence electrons. The van der Waals surface area contributed by atoms with E-state index in [-0.39, 0.29) is 11.8 Å². The topological polar surface area (TPSA) is 59.2 Å². The number of carbonyl (C=O) groups is 1. The summed E-state index contributed by atoms with van der Waals surface area (Å²) in [6, 6.07) is 14.6. The first-order valence-corrected chi connectivity index (χ1v) is 10.2. The number of likely N-dealkylation sites (tertiary alicyclic amines) is 1. The smallest absolute Gasteiger partial charge is 0.257 e. The maximum atomic E-state index is 12.5. The molecule has 0 aliphatic carbocycles. The highest BCUT2D eigenvalue weighted by Crippen LogP contribution is 2.30. The number of carbonyl (C=O) groups excluding carboxylic acids is 1. The van der Waals surface area contributed by atoms with Crippen molar-refractivity contribution in [2.75, 3.05) is 6.54 Å². The minimum Gasteiger partial charge on any atom is -0.338 e. The number of nitrogens with zero attached hydrogens (tertiary/aromatic N) is 3. The van der Waals surface area contributed by atoms with E-state index in [1.165, 1.54) is 16.7 Å². The highest BCUT2D eigenvalue weighted by Gasteiger charge is 2.33. The molecule has 1 aliphatic heterocycles. The zero-order chi connectivity index (χ0) is 20.5. The third kappa shape index (κ3) is 4.09. The fourth-order valence-electron chi connectivity index (χ4n) is 3.72. The molecule has 0 radical (unpaired) electrons. The van der Waals surface area contributed by atoms with Crippen molar-refractivity contribution in [1.29, 1.82) is 0 Å². The van der Waals surface area contributed by atoms with Gasteiger partial charge in [0.1, 0.15) is 0 Å². The monoisotopic (exact) mass is 389 g/mol. The average molecular weight is 389 g/mol. The molecule has 2 aromatic carbocycles. The molecule has 1 aromatic heterocycles. The summed E-state index contributed by atoms with van der Waals surface area (Å²) in [6.07, 6.45) is 0.427. The van der Waals surface area contributed by atoms with Crippen LogP contribution in [-0.2, 0) is 11.3 Å². The Balaban J connectivity index is 1.45. The standard InChI is InChI=1S/C24H27N3O2/c1-15(2)19-9-6-18(7-10-19)13-27-14-21(12-22(27)28)23-25-24(29-26-23)20-8-5-16(3)17(4)11-20/h5-11,15,21H,12-14H2,1-4H3. The zero-order valence-electron chi connectivity index (χ0n) is 17.5. The molecule has 2 heterocycles. The molecule has 5 heteroatoms. The SMILES string of the molecule is Cc1ccc(-c2nc(C3CC(=O)N(Cc4ccc(C(C)C)cc4)C3)no2)cc1C. The summed E-state index contributed by atoms with van der Waals surface area (Å²) in [5.74, 6) is 1.75. The van der Waals surface area contributed by atoms with E-state index in [0.717, 1.165) is 11.1 Å². The lowest BCUT2D eigenvalue weighted by Crippen LogP contribution is -2.24. The van der Waals surface area contributed by atoms with Crippen molar-refractivity contribution in [2.24, 2.45) is 0 Å². The van der Waals surface area contributed by atoms with Crippen molar-refractivity contribution in [2.45, 2.75) is 52.5 Å². The van der Waals surface area contributed by atoms with E-state index in [9.17, 15) is 4.79 Å². The molecule has 29 heavy (non-hydrogen) atoms. The molecule has 1 atom stereocenters. The Morgan fingerprint density at radius 1 is 1.10 bits per heavy atom. The van der Waals surface area contributed by atoms with Crippen LogP contribution in [0.1, 0.15) is 60.2 Å². The summed E-state index contributed by atoms with van der Waals surface area (Å²) in [5.41, 5.74) is 5.79. The first-order chi connectivity index (χ1) is 13.9. The van der Waals surface area contributed by atoms with E-state index >= 15 is 0 Å². The van der Waals surface area contributed by atoms with Gasteiger partial charge in [-0.25, -0.2) is 0 Å². The number of aryl methyl sites for hydroxylation is 2. The predicted molar refractivity (Wildman–Crippen MR) is 113 cm³/mol. The second kappa shape index (κ2) is 7.82. The fraction of sp³-hybridized carbons (Fsp3) is 0.375. The maximum Gasteiger partial charge on any atom is 0.257 e. The Labute approximate surface area is 171 Å². The Kier molecular flexibility index (Phi) is 5.22. The van der Waals surface area contributed by atoms with Crippen LogP contribution in [0.15, 0.2) is 47.0 Å². The summed E-state index contributed by atoms with van der Waals surface area (Å²) in [7, 11) is 0. The van der Waals surface area contributed by atoms with Crippen LogP contribution in [0.2, 0.25) is 0 Å². The molecular weight excluding hydrogens is 362 g/mol. The summed E-state index contributed by atoms with van der Waals surface area (Å²) in [5, 5.41) is 4.17. The molecule has 0 bridgehead atoms. The van der Waals surface area contributed by atoms with Crippen LogP contribution >= 0.6 is 0 Å². The first kappa shape index (κ1) is 19.4. The first-order valence-electron chi connectivity index (χ1n) is 10.2. The van der Waals surface area contributed by atoms with Gasteiger partial charge < -0.3 is 9.42 Å². The van der Waals surface area contributed by atoms with Crippen LogP contribution < -0.4 is 0 Å². The second-order valence-corrected chi connectivity index (χ2v) is 8.33. The van der Waals surface area contributed by atoms with Crippen LogP contribution in [0.25, 0.3) is 11.5 Å². The highest BCUT2D eigenvalue weighted by molar-refractivity contribution is 5.79. The third-order valence-corrected chi connectivity index (χ3v) is 5.80. The Morgan fingerprint density at radius 2 is 1.86 bits per heavy atom. The Bertz CT molecular complexity index is 1020. The molecule has 1 fully saturated rings. The van der Waals surface area contributed by atoms with Crippen LogP contribution in [-0.4, -0.2) is 27.5 Å². The van der Waals surface area contributed by atoms with Gasteiger partial charge in [0.15, 0.2) is 5.82 Å². The molecule has 0 N–H and O–H groups in total. The van der Waals surface area contributed by atoms with E-state index in [1.54, 1.807) is 0 Å². The molecular formula is C24H27N3O2. The van der Waals surface area contributed by atoms with Gasteiger partial charge in [-0.05, 0) is 54.2 Å². The average Bonchev–Trinajstić information content (AvgIpc) is 3.32. The summed E-state index contributed by atoms with van der Waals surface area (Å²) in [4.78, 5) is 19.0. The quantitative estimate of drug-likeness (QED) is 0.617. The lowest BCUT2D eigenvalue weighted by atomic mass is 10.0. The van der Waals surface area contributed by atoms with Gasteiger partial charge >= 0.3 is 0 Å². The van der Waals surface area contributed by atoms with Gasteiger partial charge in [0, 0.05) is 31.0 Å². The van der Waals surface area contributed by atoms with E-state index < -0.39 is 0 Å². The largest absolute Gasteiger partial charge is 0.338 e. The van der Waals surface area contributed by atoms with Gasteiger partial charge in [-0.2, -0.15) is 4.98 Å².